The van der Waals surface area contributed by atoms with Crippen LogP contribution in [0.4, 0.5) is 6.01 Å². The molecule has 0 radical (unpaired) electrons. The Bertz CT molecular complexity index is 903. The lowest BCUT2D eigenvalue weighted by atomic mass is 10.2. The summed E-state index contributed by atoms with van der Waals surface area (Å²) in [6, 6.07) is 9.49. The smallest absolute Gasteiger partial charge is 0.322 e. The molecule has 1 saturated carbocycles. The number of hydrogen-bond donors (Lipinski definition) is 1. The first-order valence-electron chi connectivity index (χ1n) is 8.49. The van der Waals surface area contributed by atoms with E-state index in [0.29, 0.717) is 11.8 Å². The Morgan fingerprint density at radius 2 is 2.04 bits per heavy atom. The number of rotatable bonds is 7. The summed E-state index contributed by atoms with van der Waals surface area (Å²) < 4.78 is 7.56. The van der Waals surface area contributed by atoms with Crippen molar-refractivity contribution in [2.45, 2.75) is 37.4 Å². The topological polar surface area (TPSA) is 98.7 Å². The molecule has 26 heavy (non-hydrogen) atoms. The summed E-state index contributed by atoms with van der Waals surface area (Å²) in [4.78, 5) is 12.2. The molecule has 0 bridgehead atoms. The Kier molecular flexibility index (Phi) is 4.70. The number of carbonyl (C=O) groups is 1. The van der Waals surface area contributed by atoms with Gasteiger partial charge in [-0.15, -0.1) is 15.3 Å². The molecular weight excluding hydrogens is 352 g/mol. The summed E-state index contributed by atoms with van der Waals surface area (Å²) in [5.41, 5.74) is 0.804. The van der Waals surface area contributed by atoms with E-state index < -0.39 is 0 Å². The molecule has 3 aromatic rings. The zero-order chi connectivity index (χ0) is 17.9. The van der Waals surface area contributed by atoms with Crippen LogP contribution in [0.3, 0.4) is 0 Å². The summed E-state index contributed by atoms with van der Waals surface area (Å²) in [5, 5.41) is 19.7. The fourth-order valence-corrected chi connectivity index (χ4v) is 3.41. The minimum Gasteiger partial charge on any atom is -0.403 e. The lowest BCUT2D eigenvalue weighted by Crippen LogP contribution is -2.15. The Balaban J connectivity index is 1.35. The number of thioether (sulfide) groups is 1. The van der Waals surface area contributed by atoms with Crippen molar-refractivity contribution in [3.63, 3.8) is 0 Å². The van der Waals surface area contributed by atoms with E-state index in [-0.39, 0.29) is 17.7 Å². The minimum atomic E-state index is -0.225. The highest BCUT2D eigenvalue weighted by Crippen LogP contribution is 2.39. The number of nitrogens with zero attached hydrogens (tertiary/aromatic N) is 5. The third-order valence-corrected chi connectivity index (χ3v) is 5.00. The van der Waals surface area contributed by atoms with E-state index in [1.54, 1.807) is 0 Å². The lowest BCUT2D eigenvalue weighted by Gasteiger charge is -2.05. The molecule has 0 saturated heterocycles. The minimum absolute atomic E-state index is 0.0880. The van der Waals surface area contributed by atoms with Crippen molar-refractivity contribution in [3.8, 4) is 11.5 Å². The molecule has 0 unspecified atom stereocenters. The van der Waals surface area contributed by atoms with Gasteiger partial charge in [-0.3, -0.25) is 10.1 Å². The molecule has 2 aromatic heterocycles. The van der Waals surface area contributed by atoms with Gasteiger partial charge in [0.05, 0.1) is 5.75 Å². The Morgan fingerprint density at radius 1 is 1.23 bits per heavy atom. The number of anilines is 1. The average molecular weight is 370 g/mol. The summed E-state index contributed by atoms with van der Waals surface area (Å²) >= 11 is 1.36. The van der Waals surface area contributed by atoms with Crippen LogP contribution < -0.4 is 5.32 Å². The van der Waals surface area contributed by atoms with Gasteiger partial charge in [-0.1, -0.05) is 35.1 Å². The van der Waals surface area contributed by atoms with Gasteiger partial charge in [0.1, 0.15) is 5.82 Å². The third kappa shape index (κ3) is 3.62. The predicted octanol–water partition coefficient (Wildman–Crippen LogP) is 2.96. The second kappa shape index (κ2) is 7.28. The van der Waals surface area contributed by atoms with Gasteiger partial charge in [0.15, 0.2) is 5.16 Å². The molecule has 1 aromatic carbocycles. The monoisotopic (exact) mass is 370 g/mol. The number of carbonyl (C=O) groups excluding carboxylic acids is 1. The molecule has 0 atom stereocenters. The molecule has 4 rings (SSSR count). The van der Waals surface area contributed by atoms with Crippen LogP contribution >= 0.6 is 11.8 Å². The predicted molar refractivity (Wildman–Crippen MR) is 96.8 cm³/mol. The Hall–Kier alpha value is -2.68. The fraction of sp³-hybridized carbons (Fsp3) is 0.353. The normalized spacial score (nSPS) is 13.7. The zero-order valence-electron chi connectivity index (χ0n) is 14.3. The molecule has 1 N–H and O–H groups in total. The molecule has 9 heteroatoms. The van der Waals surface area contributed by atoms with E-state index in [1.807, 2.05) is 30.3 Å². The molecule has 1 fully saturated rings. The number of hydrogen-bond acceptors (Lipinski definition) is 7. The van der Waals surface area contributed by atoms with Crippen molar-refractivity contribution in [2.24, 2.45) is 0 Å². The van der Waals surface area contributed by atoms with E-state index in [4.69, 9.17) is 4.42 Å². The van der Waals surface area contributed by atoms with E-state index in [9.17, 15) is 4.79 Å². The van der Waals surface area contributed by atoms with Crippen LogP contribution in [0.1, 0.15) is 31.5 Å². The van der Waals surface area contributed by atoms with Crippen LogP contribution in [0.25, 0.3) is 11.5 Å². The molecule has 0 aliphatic heterocycles. The van der Waals surface area contributed by atoms with Gasteiger partial charge in [0.25, 0.3) is 0 Å². The maximum Gasteiger partial charge on any atom is 0.322 e. The van der Waals surface area contributed by atoms with Crippen molar-refractivity contribution < 1.29 is 9.21 Å². The quantitative estimate of drug-likeness (QED) is 0.638. The molecule has 8 nitrogen and oxygen atoms in total. The largest absolute Gasteiger partial charge is 0.403 e. The standard InChI is InChI=1S/C17H18N6O2S/c1-2-23-14(11-8-9-11)19-22-17(23)26-10-13(24)18-16-21-20-15(25-16)12-6-4-3-5-7-12/h3-7,11H,2,8-10H2,1H3,(H,18,21,24). The Labute approximate surface area is 154 Å². The van der Waals surface area contributed by atoms with E-state index in [1.165, 1.54) is 24.6 Å². The summed E-state index contributed by atoms with van der Waals surface area (Å²) in [6.07, 6.45) is 2.34. The first kappa shape index (κ1) is 16.8. The van der Waals surface area contributed by atoms with Crippen molar-refractivity contribution in [3.05, 3.63) is 36.2 Å². The van der Waals surface area contributed by atoms with Crippen molar-refractivity contribution in [2.75, 3.05) is 11.1 Å². The van der Waals surface area contributed by atoms with Gasteiger partial charge in [0, 0.05) is 18.0 Å². The van der Waals surface area contributed by atoms with Crippen LogP contribution in [0.5, 0.6) is 0 Å². The number of nitrogens with one attached hydrogen (secondary N) is 1. The molecular formula is C17H18N6O2S. The van der Waals surface area contributed by atoms with Gasteiger partial charge in [0.2, 0.25) is 11.8 Å². The van der Waals surface area contributed by atoms with Gasteiger partial charge >= 0.3 is 6.01 Å². The molecule has 1 aliphatic carbocycles. The molecule has 134 valence electrons. The van der Waals surface area contributed by atoms with Gasteiger partial charge in [-0.05, 0) is 31.9 Å². The van der Waals surface area contributed by atoms with Gasteiger partial charge in [-0.25, -0.2) is 0 Å². The zero-order valence-corrected chi connectivity index (χ0v) is 15.1. The highest BCUT2D eigenvalue weighted by molar-refractivity contribution is 7.99. The van der Waals surface area contributed by atoms with Crippen LogP contribution in [0.2, 0.25) is 0 Å². The number of aromatic nitrogens is 5. The summed E-state index contributed by atoms with van der Waals surface area (Å²) in [6.45, 7) is 2.86. The maximum atomic E-state index is 12.2. The van der Waals surface area contributed by atoms with E-state index >= 15 is 0 Å². The molecule has 0 spiro atoms. The van der Waals surface area contributed by atoms with Crippen molar-refractivity contribution >= 4 is 23.7 Å². The highest BCUT2D eigenvalue weighted by atomic mass is 32.2. The molecule has 1 amide bonds. The molecule has 1 aliphatic rings. The van der Waals surface area contributed by atoms with Crippen LogP contribution in [-0.4, -0.2) is 36.6 Å². The second-order valence-electron chi connectivity index (χ2n) is 5.97. The fourth-order valence-electron chi connectivity index (χ4n) is 2.60. The number of amides is 1. The lowest BCUT2D eigenvalue weighted by molar-refractivity contribution is -0.113. The van der Waals surface area contributed by atoms with Crippen molar-refractivity contribution in [1.82, 2.24) is 25.0 Å². The second-order valence-corrected chi connectivity index (χ2v) is 6.92. The number of benzene rings is 1. The highest BCUT2D eigenvalue weighted by Gasteiger charge is 2.30. The first-order chi connectivity index (χ1) is 12.7. The average Bonchev–Trinajstić information content (AvgIpc) is 3.26. The van der Waals surface area contributed by atoms with E-state index in [0.717, 1.165) is 23.1 Å². The van der Waals surface area contributed by atoms with Crippen molar-refractivity contribution in [1.29, 1.82) is 0 Å². The maximum absolute atomic E-state index is 12.2. The van der Waals surface area contributed by atoms with Crippen LogP contribution in [-0.2, 0) is 11.3 Å². The summed E-state index contributed by atoms with van der Waals surface area (Å²) in [7, 11) is 0. The van der Waals surface area contributed by atoms with Gasteiger partial charge < -0.3 is 8.98 Å². The SMILES string of the molecule is CCn1c(SCC(=O)Nc2nnc(-c3ccccc3)o2)nnc1C1CC1. The van der Waals surface area contributed by atoms with Gasteiger partial charge in [-0.2, -0.15) is 0 Å². The first-order valence-corrected chi connectivity index (χ1v) is 9.48. The third-order valence-electron chi connectivity index (χ3n) is 4.03. The van der Waals surface area contributed by atoms with Crippen LogP contribution in [0.15, 0.2) is 39.9 Å². The Morgan fingerprint density at radius 3 is 2.77 bits per heavy atom. The molecule has 2 heterocycles. The summed E-state index contributed by atoms with van der Waals surface area (Å²) in [5.74, 6) is 1.90. The van der Waals surface area contributed by atoms with Crippen LogP contribution in [0, 0.1) is 0 Å². The van der Waals surface area contributed by atoms with E-state index in [2.05, 4.69) is 37.2 Å².